The van der Waals surface area contributed by atoms with Crippen molar-refractivity contribution in [2.24, 2.45) is 0 Å². The predicted molar refractivity (Wildman–Crippen MR) is 146 cm³/mol. The number of rotatable bonds is 1. The fourth-order valence-electron chi connectivity index (χ4n) is 6.57. The van der Waals surface area contributed by atoms with Crippen LogP contribution in [0.2, 0.25) is 0 Å². The quantitative estimate of drug-likeness (QED) is 0.263. The van der Waals surface area contributed by atoms with E-state index in [1.54, 1.807) is 0 Å². The van der Waals surface area contributed by atoms with Crippen molar-refractivity contribution < 1.29 is 9.13 Å². The number of aryl methyl sites for hydroxylation is 2. The highest BCUT2D eigenvalue weighted by Crippen LogP contribution is 2.45. The maximum absolute atomic E-state index is 4.75. The molecule has 36 heavy (non-hydrogen) atoms. The zero-order chi connectivity index (χ0) is 24.4. The van der Waals surface area contributed by atoms with Crippen LogP contribution in [0.4, 0.5) is 0 Å². The molecule has 2 aromatic carbocycles. The maximum atomic E-state index is 4.75. The molecular weight excluding hydrogens is 438 g/mol. The first-order chi connectivity index (χ1) is 17.7. The molecule has 0 saturated carbocycles. The summed E-state index contributed by atoms with van der Waals surface area (Å²) in [6.45, 7) is 11.0. The van der Waals surface area contributed by atoms with Crippen LogP contribution >= 0.6 is 0 Å². The van der Waals surface area contributed by atoms with Crippen LogP contribution < -0.4 is 9.13 Å². The van der Waals surface area contributed by atoms with E-state index in [0.717, 1.165) is 24.2 Å². The summed E-state index contributed by atoms with van der Waals surface area (Å²) in [5, 5.41) is 1.23. The van der Waals surface area contributed by atoms with E-state index in [1.807, 2.05) is 6.08 Å². The van der Waals surface area contributed by atoms with Crippen LogP contribution in [0, 0.1) is 6.92 Å². The lowest BCUT2D eigenvalue weighted by atomic mass is 9.78. The molecule has 3 nitrogen and oxygen atoms in total. The molecule has 2 aliphatic heterocycles. The summed E-state index contributed by atoms with van der Waals surface area (Å²) in [5.74, 6) is 0.324. The Bertz CT molecular complexity index is 1700. The van der Waals surface area contributed by atoms with Crippen molar-refractivity contribution in [2.45, 2.75) is 31.7 Å². The van der Waals surface area contributed by atoms with E-state index in [0.29, 0.717) is 5.92 Å². The number of hydrogen-bond donors (Lipinski definition) is 1. The van der Waals surface area contributed by atoms with Crippen molar-refractivity contribution in [2.75, 3.05) is 0 Å². The fourth-order valence-corrected chi connectivity index (χ4v) is 6.57. The highest BCUT2D eigenvalue weighted by molar-refractivity contribution is 5.94. The molecule has 0 aliphatic carbocycles. The van der Waals surface area contributed by atoms with Gasteiger partial charge >= 0.3 is 0 Å². The number of allylic oxidation sites excluding steroid dienone is 1. The lowest BCUT2D eigenvalue weighted by Crippen LogP contribution is -2.53. The Morgan fingerprint density at radius 3 is 2.56 bits per heavy atom. The lowest BCUT2D eigenvalue weighted by Gasteiger charge is -2.29. The number of nitrogens with zero attached hydrogens (tertiary/aromatic N) is 2. The molecule has 2 unspecified atom stereocenters. The summed E-state index contributed by atoms with van der Waals surface area (Å²) >= 11 is 0. The van der Waals surface area contributed by atoms with E-state index in [9.17, 15) is 0 Å². The largest absolute Gasteiger partial charge is 0.358 e. The van der Waals surface area contributed by atoms with Crippen molar-refractivity contribution in [1.29, 1.82) is 0 Å². The van der Waals surface area contributed by atoms with Crippen LogP contribution in [0.5, 0.6) is 0 Å². The molecule has 0 bridgehead atoms. The van der Waals surface area contributed by atoms with Gasteiger partial charge in [0.15, 0.2) is 12.4 Å². The van der Waals surface area contributed by atoms with Gasteiger partial charge in [0.2, 0.25) is 23.1 Å². The van der Waals surface area contributed by atoms with Gasteiger partial charge < -0.3 is 4.98 Å². The Morgan fingerprint density at radius 2 is 1.69 bits per heavy atom. The third kappa shape index (κ3) is 2.92. The smallest absolute Gasteiger partial charge is 0.249 e. The van der Waals surface area contributed by atoms with Crippen molar-refractivity contribution in [3.05, 3.63) is 121 Å². The second-order valence-corrected chi connectivity index (χ2v) is 10.0. The molecule has 7 rings (SSSR count). The molecular formula is C33H29N3+2. The molecule has 3 aromatic heterocycles. The van der Waals surface area contributed by atoms with Crippen LogP contribution in [0.15, 0.2) is 98.3 Å². The van der Waals surface area contributed by atoms with Crippen molar-refractivity contribution >= 4 is 22.7 Å². The Hall–Kier alpha value is -4.24. The Morgan fingerprint density at radius 1 is 0.917 bits per heavy atom. The molecule has 3 heteroatoms. The number of aromatic nitrogens is 3. The van der Waals surface area contributed by atoms with Gasteiger partial charge in [-0.3, -0.25) is 0 Å². The lowest BCUT2D eigenvalue weighted by molar-refractivity contribution is -0.727. The highest BCUT2D eigenvalue weighted by Gasteiger charge is 2.46. The van der Waals surface area contributed by atoms with Gasteiger partial charge in [0.25, 0.3) is 0 Å². The SMILES string of the molecule is C=Cc1c(C)[nH]c2cc3c(cc12)-c1cccc[n+]1C(=C)C1C(CC3)c2ccccc2-c2cccc[n+]21. The van der Waals surface area contributed by atoms with Crippen molar-refractivity contribution in [3.63, 3.8) is 0 Å². The number of nitrogens with one attached hydrogen (secondary N) is 1. The minimum atomic E-state index is 0.132. The van der Waals surface area contributed by atoms with Gasteiger partial charge in [-0.15, -0.1) is 0 Å². The standard InChI is InChI=1S/C33H28N3/c1-4-24-21(2)34-30-19-23-15-16-27-25-11-5-6-12-26(25)31-13-8-10-18-36(31)33(27)22(3)35-17-9-7-14-32(35)28(23)20-29(24)30/h4-14,17-20,27,33H,1,3,15-16H2,2H3/q+1/p+1. The first-order valence-corrected chi connectivity index (χ1v) is 12.7. The summed E-state index contributed by atoms with van der Waals surface area (Å²) in [5.41, 5.74) is 12.5. The number of aromatic amines is 1. The average Bonchev–Trinajstić information content (AvgIpc) is 3.25. The highest BCUT2D eigenvalue weighted by atomic mass is 15.1. The minimum Gasteiger partial charge on any atom is -0.358 e. The second kappa shape index (κ2) is 7.89. The van der Waals surface area contributed by atoms with Gasteiger partial charge in [0, 0.05) is 52.0 Å². The average molecular weight is 468 g/mol. The van der Waals surface area contributed by atoms with E-state index in [1.165, 1.54) is 50.1 Å². The predicted octanol–water partition coefficient (Wildman–Crippen LogP) is 6.78. The third-order valence-corrected chi connectivity index (χ3v) is 8.18. The zero-order valence-electron chi connectivity index (χ0n) is 20.5. The number of H-pyrrole nitrogens is 1. The normalized spacial score (nSPS) is 18.1. The van der Waals surface area contributed by atoms with Crippen LogP contribution in [0.25, 0.3) is 45.2 Å². The fraction of sp³-hybridized carbons (Fsp3) is 0.152. The molecule has 0 amide bonds. The van der Waals surface area contributed by atoms with Crippen LogP contribution in [0.3, 0.4) is 0 Å². The maximum Gasteiger partial charge on any atom is 0.249 e. The molecule has 0 saturated heterocycles. The number of fused-ring (bicyclic) bond motifs is 10. The topological polar surface area (TPSA) is 23.5 Å². The summed E-state index contributed by atoms with van der Waals surface area (Å²) in [6.07, 6.45) is 8.40. The van der Waals surface area contributed by atoms with Crippen LogP contribution in [0.1, 0.15) is 40.8 Å². The molecule has 1 N–H and O–H groups in total. The van der Waals surface area contributed by atoms with E-state index < -0.39 is 0 Å². The summed E-state index contributed by atoms with van der Waals surface area (Å²) in [4.78, 5) is 3.60. The van der Waals surface area contributed by atoms with Gasteiger partial charge in [-0.1, -0.05) is 30.9 Å². The van der Waals surface area contributed by atoms with E-state index in [2.05, 4.69) is 113 Å². The first kappa shape index (κ1) is 21.1. The number of hydrogen-bond acceptors (Lipinski definition) is 0. The molecule has 0 fully saturated rings. The molecule has 2 atom stereocenters. The molecule has 2 aliphatic rings. The molecule has 0 radical (unpaired) electrons. The summed E-state index contributed by atoms with van der Waals surface area (Å²) in [7, 11) is 0. The first-order valence-electron chi connectivity index (χ1n) is 12.7. The summed E-state index contributed by atoms with van der Waals surface area (Å²) < 4.78 is 4.76. The Kier molecular flexibility index (Phi) is 4.62. The molecule has 0 spiro atoms. The molecule has 5 heterocycles. The number of pyridine rings is 2. The van der Waals surface area contributed by atoms with Gasteiger partial charge in [0.05, 0.1) is 11.5 Å². The molecule has 174 valence electrons. The van der Waals surface area contributed by atoms with Gasteiger partial charge in [-0.25, -0.2) is 0 Å². The van der Waals surface area contributed by atoms with Gasteiger partial charge in [-0.2, -0.15) is 9.13 Å². The van der Waals surface area contributed by atoms with Crippen molar-refractivity contribution in [1.82, 2.24) is 4.98 Å². The van der Waals surface area contributed by atoms with Crippen LogP contribution in [-0.4, -0.2) is 4.98 Å². The summed E-state index contributed by atoms with van der Waals surface area (Å²) in [6, 6.07) is 26.8. The Balaban J connectivity index is 1.52. The number of benzene rings is 2. The van der Waals surface area contributed by atoms with E-state index in [-0.39, 0.29) is 6.04 Å². The monoisotopic (exact) mass is 467 g/mol. The van der Waals surface area contributed by atoms with Gasteiger partial charge in [0.1, 0.15) is 0 Å². The second-order valence-electron chi connectivity index (χ2n) is 10.0. The van der Waals surface area contributed by atoms with E-state index >= 15 is 0 Å². The van der Waals surface area contributed by atoms with E-state index in [4.69, 9.17) is 6.58 Å². The Labute approximate surface area is 211 Å². The minimum absolute atomic E-state index is 0.132. The third-order valence-electron chi connectivity index (χ3n) is 8.18. The van der Waals surface area contributed by atoms with Crippen molar-refractivity contribution in [3.8, 4) is 22.5 Å². The molecule has 5 aromatic rings. The van der Waals surface area contributed by atoms with Gasteiger partial charge in [-0.05, 0) is 67.8 Å². The van der Waals surface area contributed by atoms with Crippen LogP contribution in [-0.2, 0) is 6.42 Å². The zero-order valence-corrected chi connectivity index (χ0v) is 20.5.